The normalized spacial score (nSPS) is 15.8. The monoisotopic (exact) mass is 521 g/mol. The molecule has 38 heavy (non-hydrogen) atoms. The third-order valence-corrected chi connectivity index (χ3v) is 7.82. The van der Waals surface area contributed by atoms with E-state index in [-0.39, 0.29) is 34.7 Å². The maximum Gasteiger partial charge on any atom is 0.317 e. The number of aromatic nitrogens is 1. The summed E-state index contributed by atoms with van der Waals surface area (Å²) in [5, 5.41) is 6.25. The Hall–Kier alpha value is -3.29. The van der Waals surface area contributed by atoms with E-state index in [1.807, 2.05) is 38.8 Å². The average molecular weight is 522 g/mol. The minimum Gasteiger partial charge on any atom is -0.383 e. The van der Waals surface area contributed by atoms with Gasteiger partial charge in [0.1, 0.15) is 0 Å². The highest BCUT2D eigenvalue weighted by Gasteiger charge is 2.29. The molecule has 0 spiro atoms. The van der Waals surface area contributed by atoms with Crippen LogP contribution in [0.4, 0.5) is 10.5 Å². The van der Waals surface area contributed by atoms with E-state index < -0.39 is 0 Å². The average Bonchev–Trinajstić information content (AvgIpc) is 3.07. The Morgan fingerprint density at radius 3 is 2.26 bits per heavy atom. The molecule has 0 aliphatic carbocycles. The van der Waals surface area contributed by atoms with Crippen molar-refractivity contribution >= 4 is 17.6 Å². The van der Waals surface area contributed by atoms with Gasteiger partial charge in [0, 0.05) is 70.2 Å². The number of urea groups is 1. The number of pyridine rings is 1. The summed E-state index contributed by atoms with van der Waals surface area (Å²) in [6.07, 6.45) is 0.948. The van der Waals surface area contributed by atoms with Crippen molar-refractivity contribution in [3.05, 3.63) is 62.1 Å². The zero-order valence-corrected chi connectivity index (χ0v) is 24.2. The van der Waals surface area contributed by atoms with Crippen LogP contribution in [0.3, 0.4) is 0 Å². The van der Waals surface area contributed by atoms with Crippen molar-refractivity contribution in [1.29, 1.82) is 0 Å². The fourth-order valence-corrected chi connectivity index (χ4v) is 5.48. The summed E-state index contributed by atoms with van der Waals surface area (Å²) in [5.74, 6) is 0.0734. The lowest BCUT2D eigenvalue weighted by Crippen LogP contribution is -2.41. The summed E-state index contributed by atoms with van der Waals surface area (Å²) in [5.41, 5.74) is 6.65. The summed E-state index contributed by atoms with van der Waals surface area (Å²) in [7, 11) is 3.49. The van der Waals surface area contributed by atoms with E-state index in [1.165, 1.54) is 0 Å². The maximum absolute atomic E-state index is 13.7. The van der Waals surface area contributed by atoms with Gasteiger partial charge < -0.3 is 25.0 Å². The molecule has 1 aromatic carbocycles. The second-order valence-electron chi connectivity index (χ2n) is 12.7. The molecule has 206 valence electrons. The second-order valence-corrected chi connectivity index (χ2v) is 12.7. The van der Waals surface area contributed by atoms with E-state index in [0.717, 1.165) is 39.2 Å². The van der Waals surface area contributed by atoms with Crippen molar-refractivity contribution in [2.45, 2.75) is 78.3 Å². The Bertz CT molecular complexity index is 1310. The number of nitrogens with zero attached hydrogens (tertiary/aromatic N) is 3. The third-order valence-electron chi connectivity index (χ3n) is 7.82. The number of hydrogen-bond donors (Lipinski definition) is 2. The van der Waals surface area contributed by atoms with Gasteiger partial charge in [0.15, 0.2) is 0 Å². The smallest absolute Gasteiger partial charge is 0.317 e. The quantitative estimate of drug-likeness (QED) is 0.631. The topological polar surface area (TPSA) is 86.7 Å². The molecule has 8 nitrogen and oxygen atoms in total. The first-order valence-electron chi connectivity index (χ1n) is 13.6. The Balaban J connectivity index is 1.65. The van der Waals surface area contributed by atoms with Crippen LogP contribution in [0.1, 0.15) is 75.1 Å². The van der Waals surface area contributed by atoms with Gasteiger partial charge in [-0.05, 0) is 39.2 Å². The molecular formula is C30H43N5O3. The van der Waals surface area contributed by atoms with Gasteiger partial charge in [-0.2, -0.15) is 0 Å². The van der Waals surface area contributed by atoms with Gasteiger partial charge in [-0.15, -0.1) is 0 Å². The van der Waals surface area contributed by atoms with E-state index in [9.17, 15) is 14.4 Å². The minimum atomic E-state index is -0.268. The number of carbonyl (C=O) groups is 2. The molecule has 0 radical (unpaired) electrons. The van der Waals surface area contributed by atoms with Crippen LogP contribution in [0.5, 0.6) is 0 Å². The highest BCUT2D eigenvalue weighted by atomic mass is 16.2. The zero-order valence-electron chi connectivity index (χ0n) is 24.2. The molecular weight excluding hydrogens is 478 g/mol. The van der Waals surface area contributed by atoms with Gasteiger partial charge >= 0.3 is 6.03 Å². The Kier molecular flexibility index (Phi) is 7.38. The summed E-state index contributed by atoms with van der Waals surface area (Å²) in [6, 6.07) is 6.23. The SMILES string of the molecule is CNC(=O)N1CCNc2c(CC(=O)N3CCc4c(cc(C(C)(C)C)c(=O)n4C)C3)cc(C(C)(C)C)cc2C1. The first-order chi connectivity index (χ1) is 17.7. The van der Waals surface area contributed by atoms with E-state index in [4.69, 9.17) is 0 Å². The predicted molar refractivity (Wildman–Crippen MR) is 152 cm³/mol. The van der Waals surface area contributed by atoms with Crippen molar-refractivity contribution in [2.24, 2.45) is 7.05 Å². The number of fused-ring (bicyclic) bond motifs is 2. The molecule has 2 aromatic rings. The van der Waals surface area contributed by atoms with Crippen LogP contribution in [0.2, 0.25) is 0 Å². The van der Waals surface area contributed by atoms with Crippen molar-refractivity contribution in [2.75, 3.05) is 32.0 Å². The van der Waals surface area contributed by atoms with Crippen LogP contribution in [0.15, 0.2) is 23.0 Å². The fourth-order valence-electron chi connectivity index (χ4n) is 5.48. The summed E-state index contributed by atoms with van der Waals surface area (Å²) in [4.78, 5) is 42.8. The molecule has 0 saturated carbocycles. The molecule has 3 heterocycles. The van der Waals surface area contributed by atoms with E-state index >= 15 is 0 Å². The van der Waals surface area contributed by atoms with Gasteiger partial charge in [-0.3, -0.25) is 9.59 Å². The molecule has 8 heteroatoms. The molecule has 2 aliphatic rings. The van der Waals surface area contributed by atoms with E-state index in [0.29, 0.717) is 39.1 Å². The van der Waals surface area contributed by atoms with Crippen LogP contribution >= 0.6 is 0 Å². The summed E-state index contributed by atoms with van der Waals surface area (Å²) in [6.45, 7) is 15.4. The van der Waals surface area contributed by atoms with Crippen molar-refractivity contribution < 1.29 is 9.59 Å². The summed E-state index contributed by atoms with van der Waals surface area (Å²) < 4.78 is 1.77. The predicted octanol–water partition coefficient (Wildman–Crippen LogP) is 3.67. The molecule has 2 N–H and O–H groups in total. The molecule has 3 amide bonds. The summed E-state index contributed by atoms with van der Waals surface area (Å²) >= 11 is 0. The lowest BCUT2D eigenvalue weighted by molar-refractivity contribution is -0.131. The Labute approximate surface area is 226 Å². The van der Waals surface area contributed by atoms with Gasteiger partial charge in [0.25, 0.3) is 5.56 Å². The van der Waals surface area contributed by atoms with Gasteiger partial charge in [-0.1, -0.05) is 53.7 Å². The number of benzene rings is 1. The lowest BCUT2D eigenvalue weighted by Gasteiger charge is -2.32. The number of carbonyl (C=O) groups excluding carboxylic acids is 2. The molecule has 0 atom stereocenters. The van der Waals surface area contributed by atoms with Gasteiger partial charge in [0.05, 0.1) is 6.42 Å². The number of amides is 3. The van der Waals surface area contributed by atoms with Crippen molar-refractivity contribution in [1.82, 2.24) is 19.7 Å². The Morgan fingerprint density at radius 1 is 0.947 bits per heavy atom. The third kappa shape index (κ3) is 5.45. The number of hydrogen-bond acceptors (Lipinski definition) is 4. The van der Waals surface area contributed by atoms with Crippen molar-refractivity contribution in [3.63, 3.8) is 0 Å². The highest BCUT2D eigenvalue weighted by Crippen LogP contribution is 2.33. The standard InChI is InChI=1S/C30H43N5O3/c1-29(2,3)22-13-19(26-21(14-22)18-35(12-10-32-26)28(38)31-7)16-25(36)34-11-9-24-20(17-34)15-23(30(4,5)6)27(37)33(24)8/h13-15,32H,9-12,16-18H2,1-8H3,(H,31,38). The molecule has 0 fully saturated rings. The largest absolute Gasteiger partial charge is 0.383 e. The van der Waals surface area contributed by atoms with Crippen LogP contribution < -0.4 is 16.2 Å². The first kappa shape index (κ1) is 27.7. The highest BCUT2D eigenvalue weighted by molar-refractivity contribution is 5.82. The van der Waals surface area contributed by atoms with Crippen LogP contribution in [-0.2, 0) is 48.6 Å². The number of rotatable bonds is 2. The minimum absolute atomic E-state index is 0.0505. The number of anilines is 1. The lowest BCUT2D eigenvalue weighted by atomic mass is 9.83. The molecule has 1 aromatic heterocycles. The zero-order chi connectivity index (χ0) is 28.0. The Morgan fingerprint density at radius 2 is 1.63 bits per heavy atom. The van der Waals surface area contributed by atoms with Crippen LogP contribution in [-0.4, -0.2) is 53.0 Å². The maximum atomic E-state index is 13.7. The van der Waals surface area contributed by atoms with Crippen molar-refractivity contribution in [3.8, 4) is 0 Å². The van der Waals surface area contributed by atoms with Crippen LogP contribution in [0, 0.1) is 0 Å². The number of nitrogens with one attached hydrogen (secondary N) is 2. The molecule has 2 aliphatic heterocycles. The van der Waals surface area contributed by atoms with Gasteiger partial charge in [-0.25, -0.2) is 4.79 Å². The van der Waals surface area contributed by atoms with Gasteiger partial charge in [0.2, 0.25) is 5.91 Å². The molecule has 0 bridgehead atoms. The molecule has 0 saturated heterocycles. The molecule has 4 rings (SSSR count). The van der Waals surface area contributed by atoms with Crippen LogP contribution in [0.25, 0.3) is 0 Å². The van der Waals surface area contributed by atoms with E-state index in [1.54, 1.807) is 16.5 Å². The molecule has 0 unspecified atom stereocenters. The first-order valence-corrected chi connectivity index (χ1v) is 13.6. The second kappa shape index (κ2) is 10.1. The fraction of sp³-hybridized carbons (Fsp3) is 0.567. The van der Waals surface area contributed by atoms with E-state index in [2.05, 4.69) is 43.5 Å².